The Hall–Kier alpha value is -1.81. The van der Waals surface area contributed by atoms with Crippen LogP contribution in [0.15, 0.2) is 24.4 Å². The van der Waals surface area contributed by atoms with Crippen molar-refractivity contribution in [3.05, 3.63) is 35.5 Å². The van der Waals surface area contributed by atoms with E-state index in [1.165, 1.54) is 16.7 Å². The highest BCUT2D eigenvalue weighted by Crippen LogP contribution is 2.38. The van der Waals surface area contributed by atoms with Gasteiger partial charge in [0.25, 0.3) is 0 Å². The van der Waals surface area contributed by atoms with Gasteiger partial charge in [0.05, 0.1) is 31.1 Å². The summed E-state index contributed by atoms with van der Waals surface area (Å²) >= 11 is 0. The standard InChI is InChI=1S/C15H18N2O2/c1-3-19-13-5-4-11-6-12-8-16-17(9-10(2)18)15(12)14(11)7-13/h4-5,7-8,10,18H,3,6,9H2,1-2H3. The van der Waals surface area contributed by atoms with Crippen LogP contribution in [0.2, 0.25) is 0 Å². The summed E-state index contributed by atoms with van der Waals surface area (Å²) in [6, 6.07) is 6.21. The van der Waals surface area contributed by atoms with E-state index in [0.29, 0.717) is 13.2 Å². The number of aliphatic hydroxyl groups excluding tert-OH is 1. The van der Waals surface area contributed by atoms with Crippen molar-refractivity contribution in [3.8, 4) is 17.0 Å². The Labute approximate surface area is 112 Å². The smallest absolute Gasteiger partial charge is 0.119 e. The Morgan fingerprint density at radius 3 is 3.00 bits per heavy atom. The number of fused-ring (bicyclic) bond motifs is 3. The van der Waals surface area contributed by atoms with Crippen LogP contribution in [0.25, 0.3) is 11.3 Å². The van der Waals surface area contributed by atoms with Crippen LogP contribution < -0.4 is 4.74 Å². The zero-order valence-corrected chi connectivity index (χ0v) is 11.3. The highest BCUT2D eigenvalue weighted by atomic mass is 16.5. The Kier molecular flexibility index (Phi) is 3.03. The molecule has 0 saturated carbocycles. The molecule has 0 aliphatic heterocycles. The van der Waals surface area contributed by atoms with Crippen molar-refractivity contribution in [1.82, 2.24) is 9.78 Å². The Balaban J connectivity index is 2.03. The van der Waals surface area contributed by atoms with Gasteiger partial charge < -0.3 is 9.84 Å². The minimum Gasteiger partial charge on any atom is -0.494 e. The second-order valence-electron chi connectivity index (χ2n) is 4.98. The lowest BCUT2D eigenvalue weighted by Crippen LogP contribution is -2.13. The molecule has 100 valence electrons. The number of rotatable bonds is 4. The fraction of sp³-hybridized carbons (Fsp3) is 0.400. The van der Waals surface area contributed by atoms with Crippen LogP contribution in [0.4, 0.5) is 0 Å². The number of hydrogen-bond donors (Lipinski definition) is 1. The van der Waals surface area contributed by atoms with E-state index in [9.17, 15) is 5.11 Å². The third-order valence-electron chi connectivity index (χ3n) is 3.38. The molecule has 3 rings (SSSR count). The lowest BCUT2D eigenvalue weighted by atomic mass is 10.1. The maximum Gasteiger partial charge on any atom is 0.119 e. The van der Waals surface area contributed by atoms with Gasteiger partial charge >= 0.3 is 0 Å². The van der Waals surface area contributed by atoms with Crippen molar-refractivity contribution in [3.63, 3.8) is 0 Å². The van der Waals surface area contributed by atoms with Gasteiger partial charge in [-0.15, -0.1) is 0 Å². The van der Waals surface area contributed by atoms with E-state index in [1.807, 2.05) is 23.9 Å². The average Bonchev–Trinajstić information content (AvgIpc) is 2.89. The van der Waals surface area contributed by atoms with Crippen molar-refractivity contribution >= 4 is 0 Å². The molecule has 1 aliphatic carbocycles. The topological polar surface area (TPSA) is 47.3 Å². The van der Waals surface area contributed by atoms with E-state index in [2.05, 4.69) is 17.2 Å². The zero-order valence-electron chi connectivity index (χ0n) is 11.3. The molecular weight excluding hydrogens is 240 g/mol. The van der Waals surface area contributed by atoms with Gasteiger partial charge in [-0.2, -0.15) is 5.10 Å². The van der Waals surface area contributed by atoms with Gasteiger partial charge in [-0.05, 0) is 31.5 Å². The van der Waals surface area contributed by atoms with Crippen LogP contribution in [0, 0.1) is 0 Å². The van der Waals surface area contributed by atoms with Crippen LogP contribution in [0.5, 0.6) is 5.75 Å². The van der Waals surface area contributed by atoms with E-state index >= 15 is 0 Å². The number of hydrogen-bond acceptors (Lipinski definition) is 3. The van der Waals surface area contributed by atoms with E-state index in [-0.39, 0.29) is 0 Å². The summed E-state index contributed by atoms with van der Waals surface area (Å²) in [5, 5.41) is 13.9. The molecule has 4 heteroatoms. The van der Waals surface area contributed by atoms with E-state index in [4.69, 9.17) is 4.74 Å². The lowest BCUT2D eigenvalue weighted by Gasteiger charge is -2.10. The summed E-state index contributed by atoms with van der Waals surface area (Å²) in [6.07, 6.45) is 2.41. The number of nitrogens with zero attached hydrogens (tertiary/aromatic N) is 2. The number of ether oxygens (including phenoxy) is 1. The molecule has 1 unspecified atom stereocenters. The number of benzene rings is 1. The first kappa shape index (κ1) is 12.2. The van der Waals surface area contributed by atoms with Crippen LogP contribution in [-0.4, -0.2) is 27.6 Å². The molecule has 1 aromatic carbocycles. The quantitative estimate of drug-likeness (QED) is 0.780. The molecule has 1 aliphatic rings. The first-order chi connectivity index (χ1) is 9.19. The van der Waals surface area contributed by atoms with Gasteiger partial charge in [0.1, 0.15) is 5.75 Å². The highest BCUT2D eigenvalue weighted by molar-refractivity contribution is 5.75. The van der Waals surface area contributed by atoms with E-state index < -0.39 is 6.10 Å². The molecule has 1 atom stereocenters. The Morgan fingerprint density at radius 2 is 2.26 bits per heavy atom. The number of aromatic nitrogens is 2. The van der Waals surface area contributed by atoms with Crippen molar-refractivity contribution in [1.29, 1.82) is 0 Å². The van der Waals surface area contributed by atoms with Crippen molar-refractivity contribution < 1.29 is 9.84 Å². The summed E-state index contributed by atoms with van der Waals surface area (Å²) in [5.74, 6) is 0.888. The molecule has 19 heavy (non-hydrogen) atoms. The van der Waals surface area contributed by atoms with Crippen molar-refractivity contribution in [2.45, 2.75) is 32.9 Å². The SMILES string of the molecule is CCOc1ccc2c(c1)-c1c(cnn1CC(C)O)C2. The molecule has 0 fully saturated rings. The monoisotopic (exact) mass is 258 g/mol. The molecule has 0 spiro atoms. The maximum absolute atomic E-state index is 9.56. The molecule has 1 N–H and O–H groups in total. The van der Waals surface area contributed by atoms with Crippen molar-refractivity contribution in [2.24, 2.45) is 0 Å². The normalized spacial score (nSPS) is 14.1. The largest absolute Gasteiger partial charge is 0.494 e. The van der Waals surface area contributed by atoms with Gasteiger partial charge in [0, 0.05) is 17.5 Å². The second kappa shape index (κ2) is 4.70. The van der Waals surface area contributed by atoms with Crippen LogP contribution in [0.1, 0.15) is 25.0 Å². The summed E-state index contributed by atoms with van der Waals surface area (Å²) in [7, 11) is 0. The molecule has 1 aromatic heterocycles. The minimum atomic E-state index is -0.400. The van der Waals surface area contributed by atoms with Gasteiger partial charge in [-0.3, -0.25) is 4.68 Å². The fourth-order valence-electron chi connectivity index (χ4n) is 2.65. The first-order valence-electron chi connectivity index (χ1n) is 6.68. The highest BCUT2D eigenvalue weighted by Gasteiger charge is 2.24. The molecule has 1 heterocycles. The summed E-state index contributed by atoms with van der Waals surface area (Å²) in [5.41, 5.74) is 4.83. The fourth-order valence-corrected chi connectivity index (χ4v) is 2.65. The van der Waals surface area contributed by atoms with Gasteiger partial charge in [0.15, 0.2) is 0 Å². The molecule has 0 bridgehead atoms. The molecule has 4 nitrogen and oxygen atoms in total. The average molecular weight is 258 g/mol. The zero-order chi connectivity index (χ0) is 13.4. The van der Waals surface area contributed by atoms with Crippen LogP contribution in [0.3, 0.4) is 0 Å². The predicted molar refractivity (Wildman–Crippen MR) is 73.3 cm³/mol. The molecule has 0 radical (unpaired) electrons. The molecule has 0 amide bonds. The maximum atomic E-state index is 9.56. The predicted octanol–water partition coefficient (Wildman–Crippen LogP) is 2.23. The molecular formula is C15H18N2O2. The summed E-state index contributed by atoms with van der Waals surface area (Å²) in [6.45, 7) is 4.95. The lowest BCUT2D eigenvalue weighted by molar-refractivity contribution is 0.169. The minimum absolute atomic E-state index is 0.400. The van der Waals surface area contributed by atoms with Crippen LogP contribution in [-0.2, 0) is 13.0 Å². The Bertz CT molecular complexity index is 602. The molecule has 2 aromatic rings. The first-order valence-corrected chi connectivity index (χ1v) is 6.68. The van der Waals surface area contributed by atoms with Gasteiger partial charge in [-0.1, -0.05) is 6.07 Å². The number of aliphatic hydroxyl groups is 1. The van der Waals surface area contributed by atoms with Gasteiger partial charge in [0.2, 0.25) is 0 Å². The Morgan fingerprint density at radius 1 is 1.42 bits per heavy atom. The van der Waals surface area contributed by atoms with Crippen molar-refractivity contribution in [2.75, 3.05) is 6.61 Å². The van der Waals surface area contributed by atoms with E-state index in [1.54, 1.807) is 6.92 Å². The summed E-state index contributed by atoms with van der Waals surface area (Å²) in [4.78, 5) is 0. The second-order valence-corrected chi connectivity index (χ2v) is 4.98. The third-order valence-corrected chi connectivity index (χ3v) is 3.38. The van der Waals surface area contributed by atoms with Crippen LogP contribution >= 0.6 is 0 Å². The summed E-state index contributed by atoms with van der Waals surface area (Å²) < 4.78 is 7.46. The van der Waals surface area contributed by atoms with Gasteiger partial charge in [-0.25, -0.2) is 0 Å². The van der Waals surface area contributed by atoms with E-state index in [0.717, 1.165) is 17.9 Å². The third kappa shape index (κ3) is 2.12. The molecule has 0 saturated heterocycles.